The highest BCUT2D eigenvalue weighted by Gasteiger charge is 1.95. The van der Waals surface area contributed by atoms with Crippen LogP contribution in [0.1, 0.15) is 12.5 Å². The van der Waals surface area contributed by atoms with Gasteiger partial charge in [0.2, 0.25) is 0 Å². The third-order valence-electron chi connectivity index (χ3n) is 2.37. The van der Waals surface area contributed by atoms with E-state index in [1.807, 2.05) is 6.92 Å². The first kappa shape index (κ1) is 16.2. The molecule has 0 spiro atoms. The van der Waals surface area contributed by atoms with E-state index in [4.69, 9.17) is 19.3 Å². The fourth-order valence-electron chi connectivity index (χ4n) is 1.43. The topological polar surface area (TPSA) is 65.0 Å². The van der Waals surface area contributed by atoms with Gasteiger partial charge in [-0.2, -0.15) is 0 Å². The quantitative estimate of drug-likeness (QED) is 0.526. The highest BCUT2D eigenvalue weighted by atomic mass is 16.5. The second kappa shape index (κ2) is 10.00. The van der Waals surface area contributed by atoms with Gasteiger partial charge in [-0.25, -0.2) is 4.79 Å². The Morgan fingerprint density at radius 3 is 2.40 bits per heavy atom. The van der Waals surface area contributed by atoms with E-state index >= 15 is 0 Å². The van der Waals surface area contributed by atoms with Gasteiger partial charge in [0.1, 0.15) is 12.4 Å². The second-order valence-electron chi connectivity index (χ2n) is 3.90. The molecule has 110 valence electrons. The highest BCUT2D eigenvalue weighted by molar-refractivity contribution is 5.85. The minimum absolute atomic E-state index is 0.469. The fourth-order valence-corrected chi connectivity index (χ4v) is 1.43. The predicted molar refractivity (Wildman–Crippen MR) is 75.9 cm³/mol. The molecule has 5 heteroatoms. The summed E-state index contributed by atoms with van der Waals surface area (Å²) >= 11 is 0. The number of hydrogen-bond acceptors (Lipinski definition) is 4. The van der Waals surface area contributed by atoms with Crippen LogP contribution in [0.5, 0.6) is 5.75 Å². The van der Waals surface area contributed by atoms with Crippen LogP contribution in [0.15, 0.2) is 30.3 Å². The average molecular weight is 280 g/mol. The molecule has 1 aromatic rings. The molecule has 0 radical (unpaired) electrons. The number of carboxylic acids is 1. The largest absolute Gasteiger partial charge is 0.491 e. The van der Waals surface area contributed by atoms with Crippen molar-refractivity contribution in [2.75, 3.05) is 33.0 Å². The molecule has 0 aliphatic heterocycles. The molecule has 0 heterocycles. The maximum absolute atomic E-state index is 10.4. The summed E-state index contributed by atoms with van der Waals surface area (Å²) in [5.74, 6) is -0.236. The normalized spacial score (nSPS) is 10.8. The number of carboxylic acid groups (broad SMARTS) is 1. The van der Waals surface area contributed by atoms with Crippen LogP contribution in [0.2, 0.25) is 0 Å². The van der Waals surface area contributed by atoms with Gasteiger partial charge >= 0.3 is 5.97 Å². The number of aliphatic carboxylic acids is 1. The van der Waals surface area contributed by atoms with Gasteiger partial charge in [0.05, 0.1) is 19.8 Å². The van der Waals surface area contributed by atoms with Gasteiger partial charge < -0.3 is 19.3 Å². The van der Waals surface area contributed by atoms with Crippen LogP contribution in [-0.4, -0.2) is 44.1 Å². The number of rotatable bonds is 10. The van der Waals surface area contributed by atoms with Gasteiger partial charge in [-0.15, -0.1) is 0 Å². The second-order valence-corrected chi connectivity index (χ2v) is 3.90. The third kappa shape index (κ3) is 7.56. The van der Waals surface area contributed by atoms with Crippen molar-refractivity contribution < 1.29 is 24.1 Å². The smallest absolute Gasteiger partial charge is 0.328 e. The lowest BCUT2D eigenvalue weighted by Crippen LogP contribution is -2.10. The van der Waals surface area contributed by atoms with E-state index in [-0.39, 0.29) is 0 Å². The fraction of sp³-hybridized carbons (Fsp3) is 0.400. The number of ether oxygens (including phenoxy) is 3. The molecule has 0 aromatic heterocycles. The predicted octanol–water partition coefficient (Wildman–Crippen LogP) is 2.22. The van der Waals surface area contributed by atoms with Crippen molar-refractivity contribution >= 4 is 12.0 Å². The van der Waals surface area contributed by atoms with Gasteiger partial charge in [0.25, 0.3) is 0 Å². The molecule has 0 atom stereocenters. The first-order chi connectivity index (χ1) is 9.72. The zero-order valence-electron chi connectivity index (χ0n) is 11.6. The number of carbonyl (C=O) groups is 1. The van der Waals surface area contributed by atoms with Gasteiger partial charge in [0, 0.05) is 12.7 Å². The molecule has 0 amide bonds. The summed E-state index contributed by atoms with van der Waals surface area (Å²) in [6.45, 7) is 4.78. The van der Waals surface area contributed by atoms with Gasteiger partial charge in [-0.1, -0.05) is 12.1 Å². The molecular formula is C15H20O5. The maximum atomic E-state index is 10.4. The van der Waals surface area contributed by atoms with Crippen LogP contribution in [-0.2, 0) is 14.3 Å². The Labute approximate surface area is 118 Å². The summed E-state index contributed by atoms with van der Waals surface area (Å²) in [7, 11) is 0. The van der Waals surface area contributed by atoms with Crippen molar-refractivity contribution in [3.8, 4) is 5.75 Å². The molecule has 5 nitrogen and oxygen atoms in total. The Bertz CT molecular complexity index is 411. The Hall–Kier alpha value is -1.85. The summed E-state index contributed by atoms with van der Waals surface area (Å²) in [6, 6.07) is 7.18. The lowest BCUT2D eigenvalue weighted by Gasteiger charge is -2.07. The Morgan fingerprint density at radius 2 is 1.75 bits per heavy atom. The molecule has 0 saturated carbocycles. The molecule has 0 fully saturated rings. The van der Waals surface area contributed by atoms with Crippen LogP contribution in [0, 0.1) is 0 Å². The SMILES string of the molecule is CCOCCOCCOc1ccc(C=CC(=O)O)cc1. The van der Waals surface area contributed by atoms with E-state index in [9.17, 15) is 4.79 Å². The monoisotopic (exact) mass is 280 g/mol. The third-order valence-corrected chi connectivity index (χ3v) is 2.37. The number of benzene rings is 1. The summed E-state index contributed by atoms with van der Waals surface area (Å²) in [4.78, 5) is 10.4. The van der Waals surface area contributed by atoms with Crippen molar-refractivity contribution in [3.05, 3.63) is 35.9 Å². The Balaban J connectivity index is 2.20. The van der Waals surface area contributed by atoms with Crippen LogP contribution in [0.4, 0.5) is 0 Å². The Morgan fingerprint density at radius 1 is 1.10 bits per heavy atom. The molecule has 1 rings (SSSR count). The van der Waals surface area contributed by atoms with E-state index in [0.29, 0.717) is 33.0 Å². The summed E-state index contributed by atoms with van der Waals surface area (Å²) in [6.07, 6.45) is 2.63. The van der Waals surface area contributed by atoms with Crippen molar-refractivity contribution in [2.45, 2.75) is 6.92 Å². The zero-order chi connectivity index (χ0) is 14.6. The molecular weight excluding hydrogens is 260 g/mol. The summed E-state index contributed by atoms with van der Waals surface area (Å²) < 4.78 is 15.9. The number of hydrogen-bond donors (Lipinski definition) is 1. The molecule has 0 aliphatic rings. The van der Waals surface area contributed by atoms with Gasteiger partial charge in [-0.05, 0) is 30.7 Å². The van der Waals surface area contributed by atoms with Crippen LogP contribution in [0.3, 0.4) is 0 Å². The Kier molecular flexibility index (Phi) is 8.10. The van der Waals surface area contributed by atoms with Crippen molar-refractivity contribution in [2.24, 2.45) is 0 Å². The minimum Gasteiger partial charge on any atom is -0.491 e. The molecule has 1 N–H and O–H groups in total. The molecule has 0 aliphatic carbocycles. The van der Waals surface area contributed by atoms with Crippen LogP contribution >= 0.6 is 0 Å². The standard InChI is InChI=1S/C15H20O5/c1-2-18-9-10-19-11-12-20-14-6-3-13(4-7-14)5-8-15(16)17/h3-8H,2,9-12H2,1H3,(H,16,17). The lowest BCUT2D eigenvalue weighted by atomic mass is 10.2. The van der Waals surface area contributed by atoms with Crippen molar-refractivity contribution in [1.82, 2.24) is 0 Å². The van der Waals surface area contributed by atoms with Crippen molar-refractivity contribution in [3.63, 3.8) is 0 Å². The van der Waals surface area contributed by atoms with E-state index < -0.39 is 5.97 Å². The molecule has 0 unspecified atom stereocenters. The van der Waals surface area contributed by atoms with Gasteiger partial charge in [0.15, 0.2) is 0 Å². The highest BCUT2D eigenvalue weighted by Crippen LogP contribution is 2.13. The van der Waals surface area contributed by atoms with E-state index in [2.05, 4.69) is 0 Å². The first-order valence-corrected chi connectivity index (χ1v) is 6.51. The molecule has 0 saturated heterocycles. The molecule has 20 heavy (non-hydrogen) atoms. The van der Waals surface area contributed by atoms with E-state index in [0.717, 1.165) is 17.4 Å². The molecule has 0 bridgehead atoms. The summed E-state index contributed by atoms with van der Waals surface area (Å²) in [5, 5.41) is 8.52. The van der Waals surface area contributed by atoms with Crippen molar-refractivity contribution in [1.29, 1.82) is 0 Å². The first-order valence-electron chi connectivity index (χ1n) is 6.51. The average Bonchev–Trinajstić information content (AvgIpc) is 2.45. The van der Waals surface area contributed by atoms with Gasteiger partial charge in [-0.3, -0.25) is 0 Å². The van der Waals surface area contributed by atoms with E-state index in [1.54, 1.807) is 24.3 Å². The molecule has 1 aromatic carbocycles. The summed E-state index contributed by atoms with van der Waals surface area (Å²) in [5.41, 5.74) is 0.813. The van der Waals surface area contributed by atoms with Crippen LogP contribution < -0.4 is 4.74 Å². The maximum Gasteiger partial charge on any atom is 0.328 e. The van der Waals surface area contributed by atoms with E-state index in [1.165, 1.54) is 6.08 Å². The zero-order valence-corrected chi connectivity index (χ0v) is 11.6. The van der Waals surface area contributed by atoms with Crippen LogP contribution in [0.25, 0.3) is 6.08 Å². The lowest BCUT2D eigenvalue weighted by molar-refractivity contribution is -0.131. The minimum atomic E-state index is -0.963.